The lowest BCUT2D eigenvalue weighted by molar-refractivity contribution is -0.190. The molecule has 1 heterocycles. The highest BCUT2D eigenvalue weighted by Crippen LogP contribution is 2.32. The molecule has 0 spiro atoms. The second-order valence-corrected chi connectivity index (χ2v) is 4.95. The van der Waals surface area contributed by atoms with E-state index in [4.69, 9.17) is 4.74 Å². The third-order valence-electron chi connectivity index (χ3n) is 3.25. The highest BCUT2D eigenvalue weighted by atomic mass is 16.6. The Labute approximate surface area is 93.4 Å². The van der Waals surface area contributed by atoms with Gasteiger partial charge in [-0.25, -0.2) is 0 Å². The Morgan fingerprint density at radius 2 is 1.87 bits per heavy atom. The lowest BCUT2D eigenvalue weighted by atomic mass is 9.83. The molecule has 1 fully saturated rings. The maximum atomic E-state index is 11.2. The zero-order valence-electron chi connectivity index (χ0n) is 10.3. The Kier molecular flexibility index (Phi) is 5.13. The smallest absolute Gasteiger partial charge is 0.313 e. The molecule has 2 atom stereocenters. The highest BCUT2D eigenvalue weighted by molar-refractivity contribution is 5.78. The number of esters is 1. The average Bonchev–Trinajstić information content (AvgIpc) is 2.14. The molecule has 0 amide bonds. The van der Waals surface area contributed by atoms with Crippen LogP contribution < -0.4 is 0 Å². The Morgan fingerprint density at radius 3 is 2.40 bits per heavy atom. The average molecular weight is 212 g/mol. The summed E-state index contributed by atoms with van der Waals surface area (Å²) in [7, 11) is 0. The summed E-state index contributed by atoms with van der Waals surface area (Å²) in [6.45, 7) is 6.44. The minimum atomic E-state index is 0.0172. The van der Waals surface area contributed by atoms with E-state index in [-0.39, 0.29) is 18.0 Å². The molecule has 0 unspecified atom stereocenters. The van der Waals surface area contributed by atoms with E-state index in [1.54, 1.807) is 0 Å². The van der Waals surface area contributed by atoms with Crippen LogP contribution in [0.25, 0.3) is 0 Å². The lowest BCUT2D eigenvalue weighted by Crippen LogP contribution is -2.47. The zero-order chi connectivity index (χ0) is 11.3. The number of rotatable bonds is 7. The second kappa shape index (κ2) is 6.14. The van der Waals surface area contributed by atoms with Crippen molar-refractivity contribution < 1.29 is 9.53 Å². The Hall–Kier alpha value is -0.530. The van der Waals surface area contributed by atoms with Gasteiger partial charge in [-0.3, -0.25) is 4.79 Å². The number of ether oxygens (including phenoxy) is 1. The van der Waals surface area contributed by atoms with Gasteiger partial charge in [0, 0.05) is 0 Å². The number of hydrogen-bond donors (Lipinski definition) is 0. The van der Waals surface area contributed by atoms with Crippen molar-refractivity contribution in [1.82, 2.24) is 0 Å². The predicted molar refractivity (Wildman–Crippen MR) is 61.6 cm³/mol. The minimum absolute atomic E-state index is 0.0172. The van der Waals surface area contributed by atoms with Crippen LogP contribution >= 0.6 is 0 Å². The van der Waals surface area contributed by atoms with Crippen molar-refractivity contribution in [2.24, 2.45) is 11.8 Å². The van der Waals surface area contributed by atoms with Gasteiger partial charge in [0.2, 0.25) is 0 Å². The zero-order valence-corrected chi connectivity index (χ0v) is 10.3. The largest absolute Gasteiger partial charge is 0.461 e. The molecule has 0 aliphatic carbocycles. The van der Waals surface area contributed by atoms with Gasteiger partial charge in [0.25, 0.3) is 0 Å². The van der Waals surface area contributed by atoms with Crippen molar-refractivity contribution >= 4 is 5.97 Å². The number of carbonyl (C=O) groups is 1. The molecule has 0 radical (unpaired) electrons. The van der Waals surface area contributed by atoms with Gasteiger partial charge >= 0.3 is 5.97 Å². The summed E-state index contributed by atoms with van der Waals surface area (Å²) in [5, 5.41) is 0. The maximum absolute atomic E-state index is 11.2. The molecule has 1 rings (SSSR count). The van der Waals surface area contributed by atoms with Crippen LogP contribution in [-0.2, 0) is 9.53 Å². The van der Waals surface area contributed by atoms with Crippen molar-refractivity contribution in [3.8, 4) is 0 Å². The molecule has 2 heteroatoms. The third-order valence-corrected chi connectivity index (χ3v) is 3.25. The first-order chi connectivity index (χ1) is 7.16. The van der Waals surface area contributed by atoms with E-state index in [1.165, 1.54) is 32.1 Å². The summed E-state index contributed by atoms with van der Waals surface area (Å²) in [4.78, 5) is 11.2. The molecule has 0 saturated carbocycles. The number of cyclic esters (lactones) is 1. The quantitative estimate of drug-likeness (QED) is 0.476. The van der Waals surface area contributed by atoms with Gasteiger partial charge in [-0.05, 0) is 18.8 Å². The van der Waals surface area contributed by atoms with Crippen LogP contribution in [0.1, 0.15) is 59.3 Å². The summed E-state index contributed by atoms with van der Waals surface area (Å²) in [5.41, 5.74) is 0. The SMILES string of the molecule is CCCCCCC[C@H]1OC(=O)[C@@H]1C(C)C. The molecular formula is C13H24O2. The second-order valence-electron chi connectivity index (χ2n) is 4.95. The van der Waals surface area contributed by atoms with Gasteiger partial charge in [0.05, 0.1) is 5.92 Å². The number of carbonyl (C=O) groups excluding carboxylic acids is 1. The van der Waals surface area contributed by atoms with E-state index >= 15 is 0 Å². The van der Waals surface area contributed by atoms with E-state index < -0.39 is 0 Å². The molecule has 1 aliphatic heterocycles. The predicted octanol–water partition coefficient (Wildman–Crippen LogP) is 3.54. The maximum Gasteiger partial charge on any atom is 0.313 e. The summed E-state index contributed by atoms with van der Waals surface area (Å²) in [5.74, 6) is 0.631. The van der Waals surface area contributed by atoms with E-state index in [9.17, 15) is 4.79 Å². The van der Waals surface area contributed by atoms with E-state index in [0.29, 0.717) is 5.92 Å². The summed E-state index contributed by atoms with van der Waals surface area (Å²) in [6.07, 6.45) is 7.72. The van der Waals surface area contributed by atoms with Gasteiger partial charge in [-0.2, -0.15) is 0 Å². The Bertz CT molecular complexity index is 199. The number of hydrogen-bond acceptors (Lipinski definition) is 2. The summed E-state index contributed by atoms with van der Waals surface area (Å²) < 4.78 is 5.18. The van der Waals surface area contributed by atoms with Gasteiger partial charge in [0.1, 0.15) is 6.10 Å². The van der Waals surface area contributed by atoms with E-state index in [2.05, 4.69) is 20.8 Å². The molecular weight excluding hydrogens is 188 g/mol. The van der Waals surface area contributed by atoms with Crippen LogP contribution in [0.15, 0.2) is 0 Å². The minimum Gasteiger partial charge on any atom is -0.461 e. The molecule has 2 nitrogen and oxygen atoms in total. The standard InChI is InChI=1S/C13H24O2/c1-4-5-6-7-8-9-11-12(10(2)3)13(14)15-11/h10-12H,4-9H2,1-3H3/t11-,12-/m1/s1. The Morgan fingerprint density at radius 1 is 1.20 bits per heavy atom. The lowest BCUT2D eigenvalue weighted by Gasteiger charge is -2.37. The molecule has 1 saturated heterocycles. The van der Waals surface area contributed by atoms with Crippen LogP contribution in [0, 0.1) is 11.8 Å². The van der Waals surface area contributed by atoms with Gasteiger partial charge in [-0.15, -0.1) is 0 Å². The fourth-order valence-electron chi connectivity index (χ4n) is 2.27. The van der Waals surface area contributed by atoms with Crippen LogP contribution in [-0.4, -0.2) is 12.1 Å². The monoisotopic (exact) mass is 212 g/mol. The first-order valence-electron chi connectivity index (χ1n) is 6.37. The topological polar surface area (TPSA) is 26.3 Å². The first kappa shape index (κ1) is 12.5. The summed E-state index contributed by atoms with van der Waals surface area (Å²) >= 11 is 0. The molecule has 15 heavy (non-hydrogen) atoms. The first-order valence-corrected chi connectivity index (χ1v) is 6.37. The molecule has 88 valence electrons. The van der Waals surface area contributed by atoms with Crippen LogP contribution in [0.5, 0.6) is 0 Å². The van der Waals surface area contributed by atoms with Crippen LogP contribution in [0.3, 0.4) is 0 Å². The molecule has 0 N–H and O–H groups in total. The highest BCUT2D eigenvalue weighted by Gasteiger charge is 2.43. The van der Waals surface area contributed by atoms with Crippen molar-refractivity contribution in [2.75, 3.05) is 0 Å². The normalized spacial score (nSPS) is 25.2. The van der Waals surface area contributed by atoms with Crippen molar-refractivity contribution in [2.45, 2.75) is 65.4 Å². The third kappa shape index (κ3) is 3.51. The molecule has 0 aromatic carbocycles. The molecule has 0 aromatic heterocycles. The molecule has 0 bridgehead atoms. The van der Waals surface area contributed by atoms with Crippen LogP contribution in [0.2, 0.25) is 0 Å². The van der Waals surface area contributed by atoms with Crippen molar-refractivity contribution in [1.29, 1.82) is 0 Å². The summed E-state index contributed by atoms with van der Waals surface area (Å²) in [6, 6.07) is 0. The number of unbranched alkanes of at least 4 members (excludes halogenated alkanes) is 4. The Balaban J connectivity index is 2.09. The van der Waals surface area contributed by atoms with Crippen LogP contribution in [0.4, 0.5) is 0 Å². The van der Waals surface area contributed by atoms with Gasteiger partial charge in [-0.1, -0.05) is 46.5 Å². The van der Waals surface area contributed by atoms with Crippen molar-refractivity contribution in [3.05, 3.63) is 0 Å². The van der Waals surface area contributed by atoms with E-state index in [1.807, 2.05) is 0 Å². The molecule has 1 aliphatic rings. The fourth-order valence-corrected chi connectivity index (χ4v) is 2.27. The fraction of sp³-hybridized carbons (Fsp3) is 0.923. The van der Waals surface area contributed by atoms with Gasteiger partial charge in [0.15, 0.2) is 0 Å². The van der Waals surface area contributed by atoms with E-state index in [0.717, 1.165) is 6.42 Å². The van der Waals surface area contributed by atoms with Gasteiger partial charge < -0.3 is 4.74 Å². The van der Waals surface area contributed by atoms with Crippen molar-refractivity contribution in [3.63, 3.8) is 0 Å². The molecule has 0 aromatic rings.